The topological polar surface area (TPSA) is 168 Å². The summed E-state index contributed by atoms with van der Waals surface area (Å²) in [6, 6.07) is 4.07. The quantitative estimate of drug-likeness (QED) is 0.529. The fourth-order valence-electron chi connectivity index (χ4n) is 3.48. The second-order valence-corrected chi connectivity index (χ2v) is 6.79. The van der Waals surface area contributed by atoms with Gasteiger partial charge in [-0.1, -0.05) is 6.07 Å². The van der Waals surface area contributed by atoms with Gasteiger partial charge in [0.05, 0.1) is 12.5 Å². The van der Waals surface area contributed by atoms with Crippen molar-refractivity contribution in [3.8, 4) is 11.8 Å². The van der Waals surface area contributed by atoms with Gasteiger partial charge in [0.25, 0.3) is 11.8 Å². The molecule has 2 amide bonds. The maximum atomic E-state index is 12.4. The van der Waals surface area contributed by atoms with Crippen molar-refractivity contribution < 1.29 is 33.9 Å². The molecule has 1 saturated heterocycles. The molecule has 3 rings (SSSR count). The predicted molar refractivity (Wildman–Crippen MR) is 93.7 cm³/mol. The van der Waals surface area contributed by atoms with Gasteiger partial charge in [0.2, 0.25) is 0 Å². The lowest BCUT2D eigenvalue weighted by atomic mass is 9.73. The molecule has 1 heterocycles. The van der Waals surface area contributed by atoms with E-state index < -0.39 is 52.6 Å². The number of rotatable bonds is 4. The average molecular weight is 399 g/mol. The molecule has 0 aromatic heterocycles. The van der Waals surface area contributed by atoms with Gasteiger partial charge in [-0.25, -0.2) is 4.79 Å². The number of nitrogens with zero attached hydrogens (tertiary/aromatic N) is 2. The Morgan fingerprint density at radius 2 is 1.72 bits per heavy atom. The molecule has 0 unspecified atom stereocenters. The standard InChI is InChI=1S/C19H17N3O7/c20-9-8-10-12(19(21)13(23)2-1-3-14(19)24)5-4-11(17(10)27)18(28)29-22-15(25)6-7-16(22)26/h4-5,27H,1-3,6-8,21H2. The van der Waals surface area contributed by atoms with E-state index in [4.69, 9.17) is 15.8 Å². The van der Waals surface area contributed by atoms with Crippen LogP contribution >= 0.6 is 0 Å². The van der Waals surface area contributed by atoms with Gasteiger partial charge >= 0.3 is 5.97 Å². The summed E-state index contributed by atoms with van der Waals surface area (Å²) in [6.45, 7) is 0. The summed E-state index contributed by atoms with van der Waals surface area (Å²) >= 11 is 0. The lowest BCUT2D eigenvalue weighted by Gasteiger charge is -2.32. The highest BCUT2D eigenvalue weighted by Gasteiger charge is 2.47. The number of amides is 2. The number of aromatic hydroxyl groups is 1. The first kappa shape index (κ1) is 20.2. The summed E-state index contributed by atoms with van der Waals surface area (Å²) in [5, 5.41) is 20.0. The van der Waals surface area contributed by atoms with Gasteiger partial charge in [0, 0.05) is 31.2 Å². The average Bonchev–Trinajstić information content (AvgIpc) is 2.99. The van der Waals surface area contributed by atoms with Crippen LogP contribution in [0.4, 0.5) is 0 Å². The maximum Gasteiger partial charge on any atom is 0.367 e. The van der Waals surface area contributed by atoms with E-state index in [-0.39, 0.29) is 36.8 Å². The lowest BCUT2D eigenvalue weighted by Crippen LogP contribution is -2.54. The Morgan fingerprint density at radius 1 is 1.14 bits per heavy atom. The fraction of sp³-hybridized carbons (Fsp3) is 0.368. The van der Waals surface area contributed by atoms with E-state index >= 15 is 0 Å². The molecule has 0 spiro atoms. The van der Waals surface area contributed by atoms with Crippen molar-refractivity contribution >= 4 is 29.4 Å². The summed E-state index contributed by atoms with van der Waals surface area (Å²) < 4.78 is 0. The van der Waals surface area contributed by atoms with Crippen LogP contribution in [-0.4, -0.2) is 39.5 Å². The molecule has 10 nitrogen and oxygen atoms in total. The van der Waals surface area contributed by atoms with Crippen molar-refractivity contribution in [3.63, 3.8) is 0 Å². The maximum absolute atomic E-state index is 12.4. The Balaban J connectivity index is 2.03. The highest BCUT2D eigenvalue weighted by Crippen LogP contribution is 2.37. The largest absolute Gasteiger partial charge is 0.507 e. The van der Waals surface area contributed by atoms with E-state index in [1.54, 1.807) is 6.07 Å². The number of nitriles is 1. The van der Waals surface area contributed by atoms with Crippen molar-refractivity contribution in [2.75, 3.05) is 0 Å². The summed E-state index contributed by atoms with van der Waals surface area (Å²) in [5.74, 6) is -4.40. The van der Waals surface area contributed by atoms with E-state index in [1.165, 1.54) is 6.07 Å². The van der Waals surface area contributed by atoms with Gasteiger partial charge in [-0.2, -0.15) is 5.26 Å². The molecule has 1 saturated carbocycles. The van der Waals surface area contributed by atoms with E-state index in [0.717, 1.165) is 6.07 Å². The molecule has 0 atom stereocenters. The van der Waals surface area contributed by atoms with Crippen LogP contribution in [0, 0.1) is 11.3 Å². The third kappa shape index (κ3) is 3.25. The number of nitrogens with two attached hydrogens (primary N) is 1. The monoisotopic (exact) mass is 399 g/mol. The predicted octanol–water partition coefficient (Wildman–Crippen LogP) is 0.155. The Morgan fingerprint density at radius 3 is 2.28 bits per heavy atom. The molecule has 0 radical (unpaired) electrons. The number of imide groups is 1. The molecule has 1 aliphatic carbocycles. The smallest absolute Gasteiger partial charge is 0.367 e. The Kier molecular flexibility index (Phi) is 5.18. The number of carbonyl (C=O) groups is 5. The van der Waals surface area contributed by atoms with Crippen molar-refractivity contribution in [2.24, 2.45) is 5.73 Å². The second-order valence-electron chi connectivity index (χ2n) is 6.79. The number of hydrogen-bond donors (Lipinski definition) is 2. The van der Waals surface area contributed by atoms with Crippen LogP contribution < -0.4 is 5.73 Å². The highest BCUT2D eigenvalue weighted by atomic mass is 16.7. The fourth-order valence-corrected chi connectivity index (χ4v) is 3.48. The molecule has 150 valence electrons. The van der Waals surface area contributed by atoms with Gasteiger partial charge in [-0.3, -0.25) is 19.2 Å². The van der Waals surface area contributed by atoms with Crippen molar-refractivity contribution in [1.29, 1.82) is 5.26 Å². The summed E-state index contributed by atoms with van der Waals surface area (Å²) in [7, 11) is 0. The molecule has 3 N–H and O–H groups in total. The van der Waals surface area contributed by atoms with Crippen molar-refractivity contribution in [3.05, 3.63) is 28.8 Å². The molecule has 1 aliphatic heterocycles. The molecular weight excluding hydrogens is 382 g/mol. The number of benzene rings is 1. The van der Waals surface area contributed by atoms with Crippen molar-refractivity contribution in [1.82, 2.24) is 5.06 Å². The van der Waals surface area contributed by atoms with E-state index in [0.29, 0.717) is 11.5 Å². The van der Waals surface area contributed by atoms with Crippen LogP contribution in [-0.2, 0) is 36.0 Å². The minimum Gasteiger partial charge on any atom is -0.507 e. The normalized spacial score (nSPS) is 18.7. The van der Waals surface area contributed by atoms with Gasteiger partial charge in [-0.05, 0) is 18.1 Å². The van der Waals surface area contributed by atoms with Crippen LogP contribution in [0.1, 0.15) is 53.6 Å². The van der Waals surface area contributed by atoms with Gasteiger partial charge in [0.1, 0.15) is 11.3 Å². The molecule has 0 bridgehead atoms. The van der Waals surface area contributed by atoms with Crippen molar-refractivity contribution in [2.45, 2.75) is 44.1 Å². The molecule has 1 aromatic carbocycles. The SMILES string of the molecule is N#CCc1c(C2(N)C(=O)CCCC2=O)ccc(C(=O)ON2C(=O)CCC2=O)c1O. The van der Waals surface area contributed by atoms with Gasteiger partial charge in [-0.15, -0.1) is 5.06 Å². The van der Waals surface area contributed by atoms with Crippen LogP contribution in [0.25, 0.3) is 0 Å². The Bertz CT molecular complexity index is 960. The number of Topliss-reactive ketones (excluding diaryl/α,β-unsaturated/α-hetero) is 2. The first-order valence-electron chi connectivity index (χ1n) is 8.87. The number of hydrogen-bond acceptors (Lipinski definition) is 9. The molecule has 2 fully saturated rings. The van der Waals surface area contributed by atoms with E-state index in [2.05, 4.69) is 0 Å². The summed E-state index contributed by atoms with van der Waals surface area (Å²) in [4.78, 5) is 65.3. The van der Waals surface area contributed by atoms with Crippen LogP contribution in [0.5, 0.6) is 5.75 Å². The van der Waals surface area contributed by atoms with Gasteiger partial charge < -0.3 is 15.7 Å². The second kappa shape index (κ2) is 7.44. The first-order chi connectivity index (χ1) is 13.7. The first-order valence-corrected chi connectivity index (χ1v) is 8.87. The minimum absolute atomic E-state index is 0.0591. The summed E-state index contributed by atoms with van der Waals surface area (Å²) in [6.07, 6.45) is -0.148. The number of hydroxylamine groups is 2. The van der Waals surface area contributed by atoms with Gasteiger partial charge in [0.15, 0.2) is 17.1 Å². The van der Waals surface area contributed by atoms with E-state index in [1.807, 2.05) is 0 Å². The zero-order valence-electron chi connectivity index (χ0n) is 15.3. The Labute approximate surface area is 164 Å². The molecule has 1 aromatic rings. The molecule has 10 heteroatoms. The zero-order valence-corrected chi connectivity index (χ0v) is 15.3. The zero-order chi connectivity index (χ0) is 21.3. The molecule has 2 aliphatic rings. The number of carbonyl (C=O) groups excluding carboxylic acids is 5. The number of phenolic OH excluding ortho intramolecular Hbond substituents is 1. The molecule has 29 heavy (non-hydrogen) atoms. The number of ketones is 2. The van der Waals surface area contributed by atoms with Crippen LogP contribution in [0.3, 0.4) is 0 Å². The highest BCUT2D eigenvalue weighted by molar-refractivity contribution is 6.14. The molecular formula is C19H17N3O7. The Hall–Kier alpha value is -3.58. The third-order valence-electron chi connectivity index (χ3n) is 5.05. The lowest BCUT2D eigenvalue weighted by molar-refractivity contribution is -0.172. The van der Waals surface area contributed by atoms with Crippen LogP contribution in [0.2, 0.25) is 0 Å². The van der Waals surface area contributed by atoms with E-state index in [9.17, 15) is 29.1 Å². The van der Waals surface area contributed by atoms with Crippen LogP contribution in [0.15, 0.2) is 12.1 Å². The third-order valence-corrected chi connectivity index (χ3v) is 5.05. The number of phenols is 1. The summed E-state index contributed by atoms with van der Waals surface area (Å²) in [5.41, 5.74) is 3.45. The minimum atomic E-state index is -2.02.